The summed E-state index contributed by atoms with van der Waals surface area (Å²) in [5.41, 5.74) is 0. The third kappa shape index (κ3) is 2.78. The van der Waals surface area contributed by atoms with Crippen LogP contribution in [0.15, 0.2) is 12.7 Å². The molecule has 0 amide bonds. The molecule has 0 aromatic rings. The molecule has 20 heavy (non-hydrogen) atoms. The lowest BCUT2D eigenvalue weighted by Crippen LogP contribution is -2.68. The molecule has 0 aliphatic carbocycles. The van der Waals surface area contributed by atoms with Crippen molar-refractivity contribution in [1.82, 2.24) is 4.90 Å². The maximum atomic E-state index is 4.15. The van der Waals surface area contributed by atoms with Gasteiger partial charge in [-0.25, -0.2) is 0 Å². The topological polar surface area (TPSA) is 3.24 Å². The van der Waals surface area contributed by atoms with Crippen molar-refractivity contribution in [3.05, 3.63) is 12.7 Å². The zero-order valence-electron chi connectivity index (χ0n) is 13.9. The number of hydrogen-bond donors (Lipinski definition) is 0. The Morgan fingerprint density at radius 2 is 1.85 bits per heavy atom. The van der Waals surface area contributed by atoms with E-state index in [1.807, 2.05) is 0 Å². The van der Waals surface area contributed by atoms with Crippen LogP contribution in [0.3, 0.4) is 0 Å². The first-order valence-corrected chi connectivity index (χ1v) is 11.7. The van der Waals surface area contributed by atoms with Crippen LogP contribution >= 0.6 is 0 Å². The molecule has 2 aliphatic heterocycles. The van der Waals surface area contributed by atoms with Crippen molar-refractivity contribution in [3.8, 4) is 0 Å². The van der Waals surface area contributed by atoms with Crippen LogP contribution in [0, 0.1) is 0 Å². The number of nitrogens with zero attached hydrogens (tertiary/aromatic N) is 1. The Kier molecular flexibility index (Phi) is 5.92. The Labute approximate surface area is 127 Å². The second kappa shape index (κ2) is 7.26. The first-order valence-electron chi connectivity index (χ1n) is 9.10. The van der Waals surface area contributed by atoms with Crippen molar-refractivity contribution >= 4 is 8.07 Å². The van der Waals surface area contributed by atoms with E-state index in [0.717, 1.165) is 0 Å². The zero-order valence-corrected chi connectivity index (χ0v) is 14.9. The van der Waals surface area contributed by atoms with Gasteiger partial charge in [0.1, 0.15) is 0 Å². The van der Waals surface area contributed by atoms with Gasteiger partial charge in [-0.3, -0.25) is 0 Å². The molecule has 1 nitrogen and oxygen atoms in total. The van der Waals surface area contributed by atoms with Crippen LogP contribution in [0.25, 0.3) is 0 Å². The summed E-state index contributed by atoms with van der Waals surface area (Å²) in [6.45, 7) is 11.7. The zero-order chi connectivity index (χ0) is 14.5. The summed E-state index contributed by atoms with van der Waals surface area (Å²) < 4.78 is 0. The van der Waals surface area contributed by atoms with Crippen molar-refractivity contribution in [2.45, 2.75) is 88.5 Å². The van der Waals surface area contributed by atoms with Crippen molar-refractivity contribution < 1.29 is 0 Å². The standard InChI is InChI=1S/C18H35NSi/c1-4-11-18(19-13-8-9-14-19)12-7-10-17-20(18,15-5-2)16-6-3/h5H,2,4,6-17H2,1,3H3. The van der Waals surface area contributed by atoms with E-state index < -0.39 is 8.07 Å². The molecule has 0 bridgehead atoms. The summed E-state index contributed by atoms with van der Waals surface area (Å²) in [6, 6.07) is 4.48. The van der Waals surface area contributed by atoms with E-state index in [4.69, 9.17) is 0 Å². The van der Waals surface area contributed by atoms with Crippen molar-refractivity contribution in [1.29, 1.82) is 0 Å². The molecule has 0 N–H and O–H groups in total. The Balaban J connectivity index is 2.37. The molecule has 0 aromatic heterocycles. The van der Waals surface area contributed by atoms with Gasteiger partial charge >= 0.3 is 0 Å². The molecule has 0 radical (unpaired) electrons. The minimum Gasteiger partial charge on any atom is -0.300 e. The SMILES string of the molecule is C=CC[Si]1(CCC)CCCCC1(CCC)N1CCCC1. The van der Waals surface area contributed by atoms with Crippen LogP contribution in [-0.4, -0.2) is 31.2 Å². The van der Waals surface area contributed by atoms with E-state index in [0.29, 0.717) is 5.16 Å². The molecular formula is C18H35NSi. The van der Waals surface area contributed by atoms with Crippen LogP contribution in [0.5, 0.6) is 0 Å². The maximum Gasteiger partial charge on any atom is 0.0805 e. The monoisotopic (exact) mass is 293 g/mol. The molecule has 2 heterocycles. The van der Waals surface area contributed by atoms with Gasteiger partial charge in [-0.1, -0.05) is 57.7 Å². The van der Waals surface area contributed by atoms with Gasteiger partial charge in [-0.05, 0) is 44.8 Å². The maximum absolute atomic E-state index is 4.15. The summed E-state index contributed by atoms with van der Waals surface area (Å²) in [5.74, 6) is 0. The van der Waals surface area contributed by atoms with Crippen LogP contribution in [-0.2, 0) is 0 Å². The third-order valence-electron chi connectivity index (χ3n) is 6.12. The minimum absolute atomic E-state index is 0.626. The fraction of sp³-hybridized carbons (Fsp3) is 0.889. The number of hydrogen-bond acceptors (Lipinski definition) is 1. The molecule has 0 spiro atoms. The van der Waals surface area contributed by atoms with Crippen LogP contribution in [0.4, 0.5) is 0 Å². The van der Waals surface area contributed by atoms with Gasteiger partial charge in [-0.2, -0.15) is 0 Å². The lowest BCUT2D eigenvalue weighted by atomic mass is 10.0. The molecule has 2 aliphatic rings. The lowest BCUT2D eigenvalue weighted by molar-refractivity contribution is 0.150. The van der Waals surface area contributed by atoms with Gasteiger partial charge in [0.05, 0.1) is 8.07 Å². The molecule has 0 aromatic carbocycles. The summed E-state index contributed by atoms with van der Waals surface area (Å²) in [5, 5.41) is 0.626. The molecular weight excluding hydrogens is 258 g/mol. The molecule has 2 unspecified atom stereocenters. The van der Waals surface area contributed by atoms with Crippen LogP contribution in [0.1, 0.15) is 65.2 Å². The van der Waals surface area contributed by atoms with Crippen LogP contribution in [0.2, 0.25) is 18.1 Å². The van der Waals surface area contributed by atoms with Crippen LogP contribution < -0.4 is 0 Å². The fourth-order valence-electron chi connectivity index (χ4n) is 5.49. The molecule has 2 heteroatoms. The highest BCUT2D eigenvalue weighted by Gasteiger charge is 2.55. The van der Waals surface area contributed by atoms with E-state index in [9.17, 15) is 0 Å². The molecule has 2 saturated heterocycles. The first kappa shape index (κ1) is 16.3. The smallest absolute Gasteiger partial charge is 0.0805 e. The normalized spacial score (nSPS) is 35.3. The Hall–Kier alpha value is -0.0831. The van der Waals surface area contributed by atoms with E-state index in [2.05, 4.69) is 31.4 Å². The second-order valence-electron chi connectivity index (χ2n) is 7.21. The number of allylic oxidation sites excluding steroid dienone is 1. The summed E-state index contributed by atoms with van der Waals surface area (Å²) in [6.07, 6.45) is 13.9. The molecule has 0 saturated carbocycles. The Morgan fingerprint density at radius 1 is 1.10 bits per heavy atom. The van der Waals surface area contributed by atoms with Gasteiger partial charge in [0.15, 0.2) is 0 Å². The van der Waals surface area contributed by atoms with E-state index in [1.54, 1.807) is 6.04 Å². The fourth-order valence-corrected chi connectivity index (χ4v) is 12.3. The van der Waals surface area contributed by atoms with Crippen molar-refractivity contribution in [2.24, 2.45) is 0 Å². The highest BCUT2D eigenvalue weighted by Crippen LogP contribution is 2.49. The highest BCUT2D eigenvalue weighted by atomic mass is 28.3. The summed E-state index contributed by atoms with van der Waals surface area (Å²) >= 11 is 0. The first-order chi connectivity index (χ1) is 9.74. The van der Waals surface area contributed by atoms with Gasteiger partial charge in [0.25, 0.3) is 0 Å². The van der Waals surface area contributed by atoms with Crippen molar-refractivity contribution in [2.75, 3.05) is 13.1 Å². The quantitative estimate of drug-likeness (QED) is 0.449. The predicted octanol–water partition coefficient (Wildman–Crippen LogP) is 5.39. The second-order valence-corrected chi connectivity index (χ2v) is 12.1. The van der Waals surface area contributed by atoms with E-state index in [1.165, 1.54) is 76.5 Å². The predicted molar refractivity (Wildman–Crippen MR) is 93.0 cm³/mol. The average Bonchev–Trinajstić information content (AvgIpc) is 2.97. The van der Waals surface area contributed by atoms with Gasteiger partial charge in [0.2, 0.25) is 0 Å². The summed E-state index contributed by atoms with van der Waals surface area (Å²) in [7, 11) is -1.24. The molecule has 2 atom stereocenters. The van der Waals surface area contributed by atoms with Crippen molar-refractivity contribution in [3.63, 3.8) is 0 Å². The molecule has 2 fully saturated rings. The molecule has 2 rings (SSSR count). The lowest BCUT2D eigenvalue weighted by Gasteiger charge is -2.58. The van der Waals surface area contributed by atoms with E-state index in [-0.39, 0.29) is 0 Å². The number of rotatable bonds is 7. The highest BCUT2D eigenvalue weighted by molar-refractivity contribution is 6.83. The Bertz CT molecular complexity index is 303. The largest absolute Gasteiger partial charge is 0.300 e. The number of likely N-dealkylation sites (tertiary alicyclic amines) is 1. The average molecular weight is 294 g/mol. The van der Waals surface area contributed by atoms with Gasteiger partial charge in [0, 0.05) is 5.16 Å². The van der Waals surface area contributed by atoms with Gasteiger partial charge in [-0.15, -0.1) is 6.58 Å². The molecule has 116 valence electrons. The van der Waals surface area contributed by atoms with E-state index >= 15 is 0 Å². The third-order valence-corrected chi connectivity index (χ3v) is 12.7. The summed E-state index contributed by atoms with van der Waals surface area (Å²) in [4.78, 5) is 2.97. The Morgan fingerprint density at radius 3 is 2.45 bits per heavy atom. The van der Waals surface area contributed by atoms with Gasteiger partial charge < -0.3 is 4.90 Å². The minimum atomic E-state index is -1.24.